The molecule has 0 aliphatic heterocycles. The van der Waals surface area contributed by atoms with E-state index >= 15 is 0 Å². The lowest BCUT2D eigenvalue weighted by atomic mass is 10.2. The fraction of sp³-hybridized carbons (Fsp3) is 0.385. The van der Waals surface area contributed by atoms with Crippen LogP contribution in [0.2, 0.25) is 0 Å². The number of hydrogen-bond donors (Lipinski definition) is 2. The highest BCUT2D eigenvalue weighted by molar-refractivity contribution is 5.95. The molecule has 0 atom stereocenters. The highest BCUT2D eigenvalue weighted by Crippen LogP contribution is 2.27. The Morgan fingerprint density at radius 2 is 1.89 bits per heavy atom. The molecule has 2 N–H and O–H groups in total. The highest BCUT2D eigenvalue weighted by Gasteiger charge is 2.11. The lowest BCUT2D eigenvalue weighted by Crippen LogP contribution is -2.41. The summed E-state index contributed by atoms with van der Waals surface area (Å²) in [5, 5.41) is 0. The Hall–Kier alpha value is -2.24. The zero-order valence-electron chi connectivity index (χ0n) is 11.3. The fourth-order valence-corrected chi connectivity index (χ4v) is 1.37. The van der Waals surface area contributed by atoms with Crippen molar-refractivity contribution in [2.45, 2.75) is 20.3 Å². The zero-order chi connectivity index (χ0) is 14.3. The van der Waals surface area contributed by atoms with E-state index in [0.29, 0.717) is 30.1 Å². The van der Waals surface area contributed by atoms with Gasteiger partial charge in [-0.05, 0) is 25.1 Å². The molecule has 1 aromatic rings. The third-order valence-corrected chi connectivity index (χ3v) is 2.36. The first-order valence-electron chi connectivity index (χ1n) is 6.02. The van der Waals surface area contributed by atoms with Gasteiger partial charge in [-0.1, -0.05) is 6.92 Å². The SMILES string of the molecule is CCOc1ccc(C(=O)NNC(=O)CC)cc1OC. The number of hydrogen-bond acceptors (Lipinski definition) is 4. The van der Waals surface area contributed by atoms with Crippen molar-refractivity contribution in [2.24, 2.45) is 0 Å². The smallest absolute Gasteiger partial charge is 0.269 e. The van der Waals surface area contributed by atoms with Crippen molar-refractivity contribution in [2.75, 3.05) is 13.7 Å². The first kappa shape index (κ1) is 14.8. The largest absolute Gasteiger partial charge is 0.493 e. The summed E-state index contributed by atoms with van der Waals surface area (Å²) in [5.41, 5.74) is 4.99. The summed E-state index contributed by atoms with van der Waals surface area (Å²) in [6, 6.07) is 4.80. The van der Waals surface area contributed by atoms with Crippen molar-refractivity contribution in [3.63, 3.8) is 0 Å². The molecule has 0 saturated heterocycles. The minimum Gasteiger partial charge on any atom is -0.493 e. The minimum absolute atomic E-state index is 0.258. The molecule has 19 heavy (non-hydrogen) atoms. The van der Waals surface area contributed by atoms with Crippen LogP contribution in [0.25, 0.3) is 0 Å². The minimum atomic E-state index is -0.414. The summed E-state index contributed by atoms with van der Waals surface area (Å²) in [7, 11) is 1.50. The summed E-state index contributed by atoms with van der Waals surface area (Å²) in [4.78, 5) is 22.8. The van der Waals surface area contributed by atoms with Gasteiger partial charge in [-0.15, -0.1) is 0 Å². The Bertz CT molecular complexity index is 460. The highest BCUT2D eigenvalue weighted by atomic mass is 16.5. The predicted molar refractivity (Wildman–Crippen MR) is 70.1 cm³/mol. The van der Waals surface area contributed by atoms with Crippen molar-refractivity contribution in [1.29, 1.82) is 0 Å². The number of rotatable bonds is 5. The summed E-state index contributed by atoms with van der Waals surface area (Å²) >= 11 is 0. The second kappa shape index (κ2) is 7.25. The van der Waals surface area contributed by atoms with Crippen LogP contribution in [0.4, 0.5) is 0 Å². The number of hydrazine groups is 1. The molecule has 104 valence electrons. The zero-order valence-corrected chi connectivity index (χ0v) is 11.3. The number of carbonyl (C=O) groups is 2. The van der Waals surface area contributed by atoms with E-state index in [1.54, 1.807) is 25.1 Å². The average molecular weight is 266 g/mol. The molecule has 0 aliphatic rings. The normalized spacial score (nSPS) is 9.63. The molecular weight excluding hydrogens is 248 g/mol. The van der Waals surface area contributed by atoms with E-state index in [9.17, 15) is 9.59 Å². The summed E-state index contributed by atoms with van der Waals surface area (Å²) in [6.45, 7) is 4.07. The van der Waals surface area contributed by atoms with Gasteiger partial charge >= 0.3 is 0 Å². The van der Waals surface area contributed by atoms with Crippen molar-refractivity contribution in [3.05, 3.63) is 23.8 Å². The molecule has 0 bridgehead atoms. The van der Waals surface area contributed by atoms with Gasteiger partial charge in [0, 0.05) is 12.0 Å². The fourth-order valence-electron chi connectivity index (χ4n) is 1.37. The van der Waals surface area contributed by atoms with E-state index in [2.05, 4.69) is 10.9 Å². The van der Waals surface area contributed by atoms with Gasteiger partial charge in [-0.25, -0.2) is 0 Å². The number of carbonyl (C=O) groups excluding carboxylic acids is 2. The van der Waals surface area contributed by atoms with E-state index in [4.69, 9.17) is 9.47 Å². The van der Waals surface area contributed by atoms with Crippen LogP contribution in [-0.2, 0) is 4.79 Å². The van der Waals surface area contributed by atoms with Crippen molar-refractivity contribution in [3.8, 4) is 11.5 Å². The monoisotopic (exact) mass is 266 g/mol. The molecule has 2 amide bonds. The van der Waals surface area contributed by atoms with Gasteiger partial charge < -0.3 is 9.47 Å². The molecule has 0 aromatic heterocycles. The maximum atomic E-state index is 11.8. The summed E-state index contributed by atoms with van der Waals surface area (Å²) in [5.74, 6) is 0.366. The van der Waals surface area contributed by atoms with E-state index < -0.39 is 5.91 Å². The molecule has 1 rings (SSSR count). The molecule has 0 saturated carbocycles. The van der Waals surface area contributed by atoms with E-state index in [1.165, 1.54) is 7.11 Å². The van der Waals surface area contributed by atoms with Crippen LogP contribution in [0, 0.1) is 0 Å². The van der Waals surface area contributed by atoms with Gasteiger partial charge in [0.2, 0.25) is 5.91 Å². The molecule has 6 nitrogen and oxygen atoms in total. The predicted octanol–water partition coefficient (Wildman–Crippen LogP) is 1.26. The Morgan fingerprint density at radius 3 is 2.47 bits per heavy atom. The van der Waals surface area contributed by atoms with Crippen molar-refractivity contribution < 1.29 is 19.1 Å². The Kier molecular flexibility index (Phi) is 5.66. The standard InChI is InChI=1S/C13H18N2O4/c1-4-12(16)14-15-13(17)9-6-7-10(19-5-2)11(8-9)18-3/h6-8H,4-5H2,1-3H3,(H,14,16)(H,15,17). The van der Waals surface area contributed by atoms with Crippen LogP contribution >= 0.6 is 0 Å². The molecule has 0 spiro atoms. The molecule has 0 aliphatic carbocycles. The first-order valence-corrected chi connectivity index (χ1v) is 6.02. The van der Waals surface area contributed by atoms with Gasteiger partial charge in [0.1, 0.15) is 0 Å². The van der Waals surface area contributed by atoms with Gasteiger partial charge in [0.25, 0.3) is 5.91 Å². The molecule has 1 aromatic carbocycles. The maximum absolute atomic E-state index is 11.8. The quantitative estimate of drug-likeness (QED) is 0.787. The topological polar surface area (TPSA) is 76.7 Å². The van der Waals surface area contributed by atoms with Crippen LogP contribution < -0.4 is 20.3 Å². The number of amides is 2. The second-order valence-electron chi connectivity index (χ2n) is 3.65. The Balaban J connectivity index is 2.78. The number of nitrogens with one attached hydrogen (secondary N) is 2. The number of benzene rings is 1. The van der Waals surface area contributed by atoms with E-state index in [0.717, 1.165) is 0 Å². The maximum Gasteiger partial charge on any atom is 0.269 e. The van der Waals surface area contributed by atoms with E-state index in [-0.39, 0.29) is 5.91 Å². The van der Waals surface area contributed by atoms with Crippen LogP contribution in [0.1, 0.15) is 30.6 Å². The van der Waals surface area contributed by atoms with Crippen LogP contribution in [0.5, 0.6) is 11.5 Å². The number of ether oxygens (including phenoxy) is 2. The molecule has 0 heterocycles. The summed E-state index contributed by atoms with van der Waals surface area (Å²) in [6.07, 6.45) is 0.298. The Labute approximate surface area is 112 Å². The van der Waals surface area contributed by atoms with E-state index in [1.807, 2.05) is 6.92 Å². The van der Waals surface area contributed by atoms with Gasteiger partial charge in [-0.2, -0.15) is 0 Å². The van der Waals surface area contributed by atoms with Crippen LogP contribution in [0.3, 0.4) is 0 Å². The lowest BCUT2D eigenvalue weighted by molar-refractivity contribution is -0.121. The molecular formula is C13H18N2O4. The second-order valence-corrected chi connectivity index (χ2v) is 3.65. The van der Waals surface area contributed by atoms with Crippen molar-refractivity contribution in [1.82, 2.24) is 10.9 Å². The lowest BCUT2D eigenvalue weighted by Gasteiger charge is -2.11. The molecule has 0 unspecified atom stereocenters. The third-order valence-electron chi connectivity index (χ3n) is 2.36. The Morgan fingerprint density at radius 1 is 1.16 bits per heavy atom. The first-order chi connectivity index (χ1) is 9.12. The number of methoxy groups -OCH3 is 1. The van der Waals surface area contributed by atoms with Gasteiger partial charge in [-0.3, -0.25) is 20.4 Å². The van der Waals surface area contributed by atoms with Gasteiger partial charge in [0.05, 0.1) is 13.7 Å². The third kappa shape index (κ3) is 4.17. The molecule has 6 heteroatoms. The van der Waals surface area contributed by atoms with Crippen molar-refractivity contribution >= 4 is 11.8 Å². The van der Waals surface area contributed by atoms with Crippen LogP contribution in [0.15, 0.2) is 18.2 Å². The van der Waals surface area contributed by atoms with Gasteiger partial charge in [0.15, 0.2) is 11.5 Å². The average Bonchev–Trinajstić information content (AvgIpc) is 2.44. The molecule has 0 radical (unpaired) electrons. The summed E-state index contributed by atoms with van der Waals surface area (Å²) < 4.78 is 10.5. The van der Waals surface area contributed by atoms with Crippen LogP contribution in [-0.4, -0.2) is 25.5 Å². The molecule has 0 fully saturated rings.